The van der Waals surface area contributed by atoms with E-state index in [1.54, 1.807) is 0 Å². The second-order valence-electron chi connectivity index (χ2n) is 5.67. The van der Waals surface area contributed by atoms with Crippen molar-refractivity contribution in [1.82, 2.24) is 0 Å². The van der Waals surface area contributed by atoms with E-state index < -0.39 is 35.6 Å². The van der Waals surface area contributed by atoms with E-state index in [1.807, 2.05) is 0 Å². The van der Waals surface area contributed by atoms with E-state index in [0.29, 0.717) is 0 Å². The van der Waals surface area contributed by atoms with E-state index in [1.165, 1.54) is 7.11 Å². The average molecular weight is 367 g/mol. The Hall–Kier alpha value is -2.81. The Morgan fingerprint density at radius 2 is 1.81 bits per heavy atom. The molecule has 0 heterocycles. The van der Waals surface area contributed by atoms with Crippen LogP contribution in [0.15, 0.2) is 34.5 Å². The number of carbonyl (C=O) groups is 2. The van der Waals surface area contributed by atoms with Crippen LogP contribution >= 0.6 is 0 Å². The smallest absolute Gasteiger partial charge is 0.344 e. The van der Waals surface area contributed by atoms with Crippen molar-refractivity contribution in [2.45, 2.75) is 18.9 Å². The molecule has 0 radical (unpaired) electrons. The summed E-state index contributed by atoms with van der Waals surface area (Å²) in [4.78, 5) is 28.4. The fraction of sp³-hybridized carbons (Fsp3) is 0.353. The molecule has 9 heteroatoms. The fourth-order valence-corrected chi connectivity index (χ4v) is 2.13. The Morgan fingerprint density at radius 1 is 1.19 bits per heavy atom. The lowest BCUT2D eigenvalue weighted by Crippen LogP contribution is -2.30. The number of amidine groups is 1. The molecule has 1 aliphatic carbocycles. The van der Waals surface area contributed by atoms with E-state index in [2.05, 4.69) is 4.99 Å². The van der Waals surface area contributed by atoms with Crippen molar-refractivity contribution >= 4 is 17.6 Å². The largest absolute Gasteiger partial charge is 0.454 e. The molecule has 140 valence electrons. The van der Waals surface area contributed by atoms with Gasteiger partial charge in [-0.3, -0.25) is 9.79 Å². The highest BCUT2D eigenvalue weighted by atomic mass is 19.1. The van der Waals surface area contributed by atoms with E-state index >= 15 is 0 Å². The number of ketones is 1. The number of nitrogens with zero attached hydrogens (tertiary/aromatic N) is 1. The molecule has 0 aromatic heterocycles. The van der Waals surface area contributed by atoms with Gasteiger partial charge in [0.15, 0.2) is 6.61 Å². The Morgan fingerprint density at radius 3 is 2.35 bits per heavy atom. The van der Waals surface area contributed by atoms with Crippen molar-refractivity contribution in [2.75, 3.05) is 20.3 Å². The molecule has 0 amide bonds. The highest BCUT2D eigenvalue weighted by Crippen LogP contribution is 2.24. The molecular weight excluding hydrogens is 348 g/mol. The van der Waals surface area contributed by atoms with Crippen LogP contribution in [0.1, 0.15) is 23.2 Å². The molecule has 26 heavy (non-hydrogen) atoms. The summed E-state index contributed by atoms with van der Waals surface area (Å²) in [6.07, 6.45) is 1.69. The lowest BCUT2D eigenvalue weighted by molar-refractivity contribution is -0.137. The van der Waals surface area contributed by atoms with Gasteiger partial charge in [-0.15, -0.1) is 0 Å². The topological polar surface area (TPSA) is 117 Å². The molecule has 0 unspecified atom stereocenters. The molecule has 0 saturated heterocycles. The van der Waals surface area contributed by atoms with Crippen LogP contribution in [0.2, 0.25) is 0 Å². The summed E-state index contributed by atoms with van der Waals surface area (Å²) in [5.41, 5.74) is 10.6. The summed E-state index contributed by atoms with van der Waals surface area (Å²) in [6, 6.07) is 3.00. The number of halogens is 2. The number of aliphatic imine (C=N–C) groups is 1. The highest BCUT2D eigenvalue weighted by molar-refractivity contribution is 6.19. The third-order valence-electron chi connectivity index (χ3n) is 3.53. The van der Waals surface area contributed by atoms with E-state index in [-0.39, 0.29) is 29.8 Å². The zero-order valence-electron chi connectivity index (χ0n) is 14.1. The predicted molar refractivity (Wildman–Crippen MR) is 89.4 cm³/mol. The average Bonchev–Trinajstić information content (AvgIpc) is 3.37. The number of nitrogens with two attached hydrogens (primary N) is 2. The van der Waals surface area contributed by atoms with Crippen molar-refractivity contribution in [3.8, 4) is 0 Å². The van der Waals surface area contributed by atoms with Gasteiger partial charge >= 0.3 is 5.97 Å². The number of hydrogen-bond acceptors (Lipinski definition) is 6. The minimum Gasteiger partial charge on any atom is -0.454 e. The summed E-state index contributed by atoms with van der Waals surface area (Å²) in [6.45, 7) is -0.988. The van der Waals surface area contributed by atoms with Gasteiger partial charge in [-0.05, 0) is 25.0 Å². The van der Waals surface area contributed by atoms with Gasteiger partial charge in [0, 0.05) is 7.11 Å². The van der Waals surface area contributed by atoms with E-state index in [9.17, 15) is 18.4 Å². The summed E-state index contributed by atoms with van der Waals surface area (Å²) in [7, 11) is 1.37. The Labute approximate surface area is 148 Å². The summed E-state index contributed by atoms with van der Waals surface area (Å²) in [5, 5.41) is 0. The van der Waals surface area contributed by atoms with Crippen LogP contribution in [0.3, 0.4) is 0 Å². The Balaban J connectivity index is 2.14. The molecule has 1 aromatic rings. The predicted octanol–water partition coefficient (Wildman–Crippen LogP) is 1.07. The third kappa shape index (κ3) is 4.85. The van der Waals surface area contributed by atoms with Gasteiger partial charge in [0.2, 0.25) is 5.78 Å². The second-order valence-corrected chi connectivity index (χ2v) is 5.67. The summed E-state index contributed by atoms with van der Waals surface area (Å²) >= 11 is 0. The lowest BCUT2D eigenvalue weighted by Gasteiger charge is -2.11. The van der Waals surface area contributed by atoms with Crippen molar-refractivity contribution in [1.29, 1.82) is 0 Å². The number of benzene rings is 1. The number of hydrogen-bond donors (Lipinski definition) is 2. The molecule has 1 fully saturated rings. The number of carbonyl (C=O) groups excluding carboxylic acids is 2. The van der Waals surface area contributed by atoms with Gasteiger partial charge in [-0.25, -0.2) is 13.6 Å². The van der Waals surface area contributed by atoms with Crippen LogP contribution < -0.4 is 11.5 Å². The second kappa shape index (κ2) is 8.52. The molecule has 0 spiro atoms. The Kier molecular flexibility index (Phi) is 6.40. The molecular formula is C17H19F2N3O4. The number of rotatable bonds is 8. The van der Waals surface area contributed by atoms with Crippen molar-refractivity contribution < 1.29 is 27.8 Å². The molecule has 2 rings (SSSR count). The Bertz CT molecular complexity index is 753. The van der Waals surface area contributed by atoms with Crippen molar-refractivity contribution in [3.05, 3.63) is 46.7 Å². The quantitative estimate of drug-likeness (QED) is 0.233. The first-order valence-corrected chi connectivity index (χ1v) is 7.80. The first-order valence-electron chi connectivity index (χ1n) is 7.80. The van der Waals surface area contributed by atoms with Gasteiger partial charge in [-0.2, -0.15) is 0 Å². The van der Waals surface area contributed by atoms with Gasteiger partial charge in [0.05, 0.1) is 23.9 Å². The maximum absolute atomic E-state index is 13.6. The minimum absolute atomic E-state index is 0.0160. The SMILES string of the molecule is COCC(N)=C(C(=O)OCC(=O)c1c(F)cccc1F)C(N)=NC1CC1. The zero-order chi connectivity index (χ0) is 19.3. The summed E-state index contributed by atoms with van der Waals surface area (Å²) < 4.78 is 36.9. The highest BCUT2D eigenvalue weighted by Gasteiger charge is 2.26. The van der Waals surface area contributed by atoms with Crippen molar-refractivity contribution in [2.24, 2.45) is 16.5 Å². The minimum atomic E-state index is -1.05. The third-order valence-corrected chi connectivity index (χ3v) is 3.53. The van der Waals surface area contributed by atoms with E-state index in [4.69, 9.17) is 20.9 Å². The fourth-order valence-electron chi connectivity index (χ4n) is 2.13. The van der Waals surface area contributed by atoms with Gasteiger partial charge in [0.25, 0.3) is 0 Å². The molecule has 4 N–H and O–H groups in total. The number of Topliss-reactive ketones (excluding diaryl/α,β-unsaturated/α-hetero) is 1. The molecule has 0 atom stereocenters. The first kappa shape index (κ1) is 19.5. The maximum atomic E-state index is 13.6. The van der Waals surface area contributed by atoms with Crippen LogP contribution in [0.4, 0.5) is 8.78 Å². The van der Waals surface area contributed by atoms with Gasteiger partial charge in [-0.1, -0.05) is 6.07 Å². The standard InChI is InChI=1S/C17H19F2N3O4/c1-25-7-12(20)15(16(21)22-9-5-6-9)17(24)26-8-13(23)14-10(18)3-2-4-11(14)19/h2-4,9H,5-8,20H2,1H3,(H2,21,22). The first-order chi connectivity index (χ1) is 12.3. The molecule has 0 aliphatic heterocycles. The normalized spacial score (nSPS) is 15.4. The molecule has 1 saturated carbocycles. The van der Waals surface area contributed by atoms with Crippen molar-refractivity contribution in [3.63, 3.8) is 0 Å². The van der Waals surface area contributed by atoms with Crippen LogP contribution in [-0.4, -0.2) is 44.0 Å². The zero-order valence-corrected chi connectivity index (χ0v) is 14.1. The number of esters is 1. The van der Waals surface area contributed by atoms with Crippen LogP contribution in [0.5, 0.6) is 0 Å². The lowest BCUT2D eigenvalue weighted by atomic mass is 10.1. The monoisotopic (exact) mass is 367 g/mol. The molecule has 1 aliphatic rings. The van der Waals surface area contributed by atoms with Gasteiger partial charge < -0.3 is 20.9 Å². The molecule has 0 bridgehead atoms. The maximum Gasteiger partial charge on any atom is 0.344 e. The van der Waals surface area contributed by atoms with Gasteiger partial charge in [0.1, 0.15) is 23.0 Å². The number of ether oxygens (including phenoxy) is 2. The number of methoxy groups -OCH3 is 1. The van der Waals surface area contributed by atoms with E-state index in [0.717, 1.165) is 31.0 Å². The van der Waals surface area contributed by atoms with Crippen LogP contribution in [-0.2, 0) is 14.3 Å². The summed E-state index contributed by atoms with van der Waals surface area (Å²) in [5.74, 6) is -4.27. The molecule has 1 aromatic carbocycles. The molecule has 7 nitrogen and oxygen atoms in total. The van der Waals surface area contributed by atoms with Crippen LogP contribution in [0.25, 0.3) is 0 Å². The van der Waals surface area contributed by atoms with Crippen LogP contribution in [0, 0.1) is 11.6 Å².